The summed E-state index contributed by atoms with van der Waals surface area (Å²) in [5, 5.41) is 8.61. The van der Waals surface area contributed by atoms with E-state index in [2.05, 4.69) is 0 Å². The van der Waals surface area contributed by atoms with Crippen LogP contribution in [0.1, 0.15) is 10.4 Å². The van der Waals surface area contributed by atoms with Gasteiger partial charge in [0.05, 0.1) is 11.3 Å². The summed E-state index contributed by atoms with van der Waals surface area (Å²) in [6, 6.07) is 1.61. The Kier molecular flexibility index (Phi) is 3.51. The van der Waals surface area contributed by atoms with Gasteiger partial charge in [-0.3, -0.25) is 4.72 Å². The molecule has 2 N–H and O–H groups in total. The van der Waals surface area contributed by atoms with E-state index in [1.165, 1.54) is 0 Å². The first-order valence-electron chi connectivity index (χ1n) is 4.16. The van der Waals surface area contributed by atoms with Gasteiger partial charge in [-0.2, -0.15) is 21.6 Å². The molecule has 10 heteroatoms. The fraction of sp³-hybridized carbons (Fsp3) is 0.125. The minimum Gasteiger partial charge on any atom is -0.478 e. The van der Waals surface area contributed by atoms with E-state index in [4.69, 9.17) is 5.11 Å². The van der Waals surface area contributed by atoms with Crippen molar-refractivity contribution in [1.29, 1.82) is 0 Å². The SMILES string of the molecule is O=C(O)c1cc(F)ccc1NS(=O)(=O)C(F)(F)F. The Bertz CT molecular complexity index is 581. The van der Waals surface area contributed by atoms with Crippen molar-refractivity contribution in [1.82, 2.24) is 0 Å². The molecule has 0 aliphatic carbocycles. The van der Waals surface area contributed by atoms with Crippen LogP contribution >= 0.6 is 0 Å². The molecule has 100 valence electrons. The molecule has 0 fully saturated rings. The summed E-state index contributed by atoms with van der Waals surface area (Å²) in [7, 11) is -5.76. The van der Waals surface area contributed by atoms with Crippen LogP contribution in [0.2, 0.25) is 0 Å². The normalized spacial score (nSPS) is 12.2. The number of hydrogen-bond acceptors (Lipinski definition) is 3. The van der Waals surface area contributed by atoms with Crippen molar-refractivity contribution in [3.63, 3.8) is 0 Å². The van der Waals surface area contributed by atoms with E-state index in [1.54, 1.807) is 0 Å². The van der Waals surface area contributed by atoms with Crippen molar-refractivity contribution in [2.45, 2.75) is 5.51 Å². The fourth-order valence-corrected chi connectivity index (χ4v) is 1.57. The zero-order valence-corrected chi connectivity index (χ0v) is 9.14. The van der Waals surface area contributed by atoms with Gasteiger partial charge in [-0.05, 0) is 18.2 Å². The molecule has 0 aromatic heterocycles. The predicted octanol–water partition coefficient (Wildman–Crippen LogP) is 1.79. The minimum absolute atomic E-state index is 0.399. The maximum atomic E-state index is 12.7. The van der Waals surface area contributed by atoms with Gasteiger partial charge >= 0.3 is 21.5 Å². The van der Waals surface area contributed by atoms with Crippen LogP contribution in [-0.2, 0) is 10.0 Å². The van der Waals surface area contributed by atoms with Crippen LogP contribution < -0.4 is 4.72 Å². The number of sulfonamides is 1. The number of alkyl halides is 3. The molecule has 0 unspecified atom stereocenters. The number of rotatable bonds is 3. The summed E-state index contributed by atoms with van der Waals surface area (Å²) in [4.78, 5) is 10.6. The third kappa shape index (κ3) is 2.88. The number of carboxylic acid groups (broad SMARTS) is 1. The zero-order valence-electron chi connectivity index (χ0n) is 8.32. The molecule has 0 amide bonds. The molecule has 1 aromatic carbocycles. The molecule has 0 saturated heterocycles. The average molecular weight is 287 g/mol. The Balaban J connectivity index is 3.25. The maximum absolute atomic E-state index is 12.7. The lowest BCUT2D eigenvalue weighted by atomic mass is 10.2. The Morgan fingerprint density at radius 1 is 1.28 bits per heavy atom. The Labute approximate surface area is 98.1 Å². The molecule has 0 atom stereocenters. The zero-order chi connectivity index (χ0) is 14.1. The molecule has 18 heavy (non-hydrogen) atoms. The van der Waals surface area contributed by atoms with Gasteiger partial charge < -0.3 is 5.11 Å². The molecular formula is C8H5F4NO4S. The number of hydrogen-bond donors (Lipinski definition) is 2. The van der Waals surface area contributed by atoms with Crippen LogP contribution in [0.25, 0.3) is 0 Å². The summed E-state index contributed by atoms with van der Waals surface area (Å²) < 4.78 is 71.4. The number of halogens is 4. The van der Waals surface area contributed by atoms with Crippen molar-refractivity contribution in [2.75, 3.05) is 4.72 Å². The van der Waals surface area contributed by atoms with Crippen LogP contribution in [0.5, 0.6) is 0 Å². The van der Waals surface area contributed by atoms with Gasteiger partial charge in [0.15, 0.2) is 0 Å². The number of aromatic carboxylic acids is 1. The first-order chi connectivity index (χ1) is 8.04. The third-order valence-corrected chi connectivity index (χ3v) is 2.86. The molecule has 0 aliphatic rings. The largest absolute Gasteiger partial charge is 0.516 e. The van der Waals surface area contributed by atoms with Crippen molar-refractivity contribution < 1.29 is 35.9 Å². The second-order valence-corrected chi connectivity index (χ2v) is 4.72. The summed E-state index contributed by atoms with van der Waals surface area (Å²) in [6.45, 7) is 0. The van der Waals surface area contributed by atoms with Crippen molar-refractivity contribution >= 4 is 21.7 Å². The van der Waals surface area contributed by atoms with Crippen LogP contribution in [0.4, 0.5) is 23.2 Å². The first kappa shape index (κ1) is 14.2. The van der Waals surface area contributed by atoms with Crippen molar-refractivity contribution in [3.8, 4) is 0 Å². The molecule has 1 rings (SSSR count). The fourth-order valence-electron chi connectivity index (χ4n) is 0.985. The van der Waals surface area contributed by atoms with E-state index in [9.17, 15) is 30.8 Å². The highest BCUT2D eigenvalue weighted by molar-refractivity contribution is 7.93. The van der Waals surface area contributed by atoms with E-state index in [0.29, 0.717) is 18.2 Å². The topological polar surface area (TPSA) is 83.5 Å². The van der Waals surface area contributed by atoms with Gasteiger partial charge in [-0.1, -0.05) is 0 Å². The van der Waals surface area contributed by atoms with Crippen LogP contribution in [0.3, 0.4) is 0 Å². The van der Waals surface area contributed by atoms with E-state index >= 15 is 0 Å². The van der Waals surface area contributed by atoms with Crippen LogP contribution in [0, 0.1) is 5.82 Å². The molecule has 0 radical (unpaired) electrons. The lowest BCUT2D eigenvalue weighted by molar-refractivity contribution is -0.0429. The Hall–Kier alpha value is -1.84. The summed E-state index contributed by atoms with van der Waals surface area (Å²) >= 11 is 0. The predicted molar refractivity (Wildman–Crippen MR) is 52.0 cm³/mol. The van der Waals surface area contributed by atoms with E-state index in [0.717, 1.165) is 4.72 Å². The van der Waals surface area contributed by atoms with Gasteiger partial charge in [0.1, 0.15) is 5.82 Å². The molecule has 1 aromatic rings. The van der Waals surface area contributed by atoms with Crippen LogP contribution in [-0.4, -0.2) is 25.0 Å². The van der Waals surface area contributed by atoms with Gasteiger partial charge in [0.2, 0.25) is 0 Å². The third-order valence-electron chi connectivity index (χ3n) is 1.76. The highest BCUT2D eigenvalue weighted by Gasteiger charge is 2.46. The lowest BCUT2D eigenvalue weighted by Gasteiger charge is -2.12. The maximum Gasteiger partial charge on any atom is 0.516 e. The van der Waals surface area contributed by atoms with E-state index in [-0.39, 0.29) is 0 Å². The molecule has 0 aliphatic heterocycles. The lowest BCUT2D eigenvalue weighted by Crippen LogP contribution is -2.30. The molecular weight excluding hydrogens is 282 g/mol. The number of carboxylic acids is 1. The Morgan fingerprint density at radius 2 is 1.83 bits per heavy atom. The average Bonchev–Trinajstić information content (AvgIpc) is 2.18. The van der Waals surface area contributed by atoms with E-state index in [1.807, 2.05) is 0 Å². The second kappa shape index (κ2) is 4.44. The summed E-state index contributed by atoms with van der Waals surface area (Å²) in [5.41, 5.74) is -7.40. The number of benzene rings is 1. The molecule has 0 spiro atoms. The monoisotopic (exact) mass is 287 g/mol. The molecule has 5 nitrogen and oxygen atoms in total. The Morgan fingerprint density at radius 3 is 2.28 bits per heavy atom. The highest BCUT2D eigenvalue weighted by Crippen LogP contribution is 2.27. The van der Waals surface area contributed by atoms with Crippen molar-refractivity contribution in [3.05, 3.63) is 29.6 Å². The standard InChI is InChI=1S/C8H5F4NO4S/c9-4-1-2-6(5(3-4)7(14)15)13-18(16,17)8(10,11)12/h1-3,13H,(H,14,15). The van der Waals surface area contributed by atoms with Crippen LogP contribution in [0.15, 0.2) is 18.2 Å². The summed E-state index contributed by atoms with van der Waals surface area (Å²) in [5.74, 6) is -2.79. The minimum atomic E-state index is -5.76. The van der Waals surface area contributed by atoms with Gasteiger partial charge in [0, 0.05) is 0 Å². The quantitative estimate of drug-likeness (QED) is 0.830. The van der Waals surface area contributed by atoms with Gasteiger partial charge in [-0.15, -0.1) is 0 Å². The number of nitrogens with one attached hydrogen (secondary N) is 1. The van der Waals surface area contributed by atoms with Crippen molar-refractivity contribution in [2.24, 2.45) is 0 Å². The number of anilines is 1. The highest BCUT2D eigenvalue weighted by atomic mass is 32.2. The molecule has 0 bridgehead atoms. The molecule has 0 heterocycles. The first-order valence-corrected chi connectivity index (χ1v) is 5.65. The van der Waals surface area contributed by atoms with Gasteiger partial charge in [-0.25, -0.2) is 9.18 Å². The van der Waals surface area contributed by atoms with Gasteiger partial charge in [0.25, 0.3) is 0 Å². The number of carbonyl (C=O) groups is 1. The summed E-state index contributed by atoms with van der Waals surface area (Å²) in [6.07, 6.45) is 0. The van der Waals surface area contributed by atoms with E-state index < -0.39 is 38.6 Å². The molecule has 0 saturated carbocycles. The second-order valence-electron chi connectivity index (χ2n) is 3.05. The smallest absolute Gasteiger partial charge is 0.478 e.